The fourth-order valence-electron chi connectivity index (χ4n) is 1.81. The summed E-state index contributed by atoms with van der Waals surface area (Å²) < 4.78 is 0. The molecule has 0 aliphatic carbocycles. The number of rotatable bonds is 3. The maximum absolute atomic E-state index is 11.0. The van der Waals surface area contributed by atoms with Gasteiger partial charge in [-0.2, -0.15) is 10.2 Å². The number of hydrogen-bond acceptors (Lipinski definition) is 7. The second kappa shape index (κ2) is 6.00. The zero-order valence-electron chi connectivity index (χ0n) is 11.7. The molecule has 0 radical (unpaired) electrons. The molecular formula is C14H13N7O. The number of hydrazone groups is 2. The minimum atomic E-state index is -0.144. The normalized spacial score (nSPS) is 13.3. The minimum absolute atomic E-state index is 0.144. The highest BCUT2D eigenvalue weighted by Gasteiger charge is 2.13. The summed E-state index contributed by atoms with van der Waals surface area (Å²) in [5.41, 5.74) is 7.58. The Labute approximate surface area is 126 Å². The fourth-order valence-corrected chi connectivity index (χ4v) is 1.81. The molecule has 0 saturated carbocycles. The SMILES string of the molecule is CC(=O)Nc1ccc(C2=NNC(c3ccccn3)=NN2)nc1. The third kappa shape index (κ3) is 3.06. The van der Waals surface area contributed by atoms with Crippen molar-refractivity contribution in [3.63, 3.8) is 0 Å². The highest BCUT2D eigenvalue weighted by molar-refractivity contribution is 6.04. The quantitative estimate of drug-likeness (QED) is 0.771. The molecule has 2 aromatic heterocycles. The number of amidine groups is 2. The van der Waals surface area contributed by atoms with E-state index in [2.05, 4.69) is 36.3 Å². The van der Waals surface area contributed by atoms with Crippen LogP contribution < -0.4 is 16.2 Å². The summed E-state index contributed by atoms with van der Waals surface area (Å²) in [7, 11) is 0. The van der Waals surface area contributed by atoms with Crippen LogP contribution in [-0.4, -0.2) is 27.5 Å². The zero-order valence-corrected chi connectivity index (χ0v) is 11.7. The monoisotopic (exact) mass is 295 g/mol. The smallest absolute Gasteiger partial charge is 0.221 e. The van der Waals surface area contributed by atoms with Gasteiger partial charge in [0.25, 0.3) is 0 Å². The lowest BCUT2D eigenvalue weighted by Crippen LogP contribution is -2.35. The lowest BCUT2D eigenvalue weighted by molar-refractivity contribution is -0.114. The summed E-state index contributed by atoms with van der Waals surface area (Å²) in [6.07, 6.45) is 3.24. The first-order valence-electron chi connectivity index (χ1n) is 6.55. The Morgan fingerprint density at radius 2 is 1.73 bits per heavy atom. The number of nitrogens with one attached hydrogen (secondary N) is 3. The van der Waals surface area contributed by atoms with Gasteiger partial charge in [0, 0.05) is 13.1 Å². The molecule has 3 heterocycles. The number of carbonyl (C=O) groups excluding carboxylic acids is 1. The number of nitrogens with zero attached hydrogens (tertiary/aromatic N) is 4. The first kappa shape index (κ1) is 13.7. The number of hydrogen-bond donors (Lipinski definition) is 3. The maximum atomic E-state index is 11.0. The second-order valence-electron chi connectivity index (χ2n) is 4.47. The molecule has 0 bridgehead atoms. The Balaban J connectivity index is 1.70. The molecule has 0 saturated heterocycles. The van der Waals surface area contributed by atoms with E-state index in [1.54, 1.807) is 24.5 Å². The van der Waals surface area contributed by atoms with Crippen LogP contribution in [0.5, 0.6) is 0 Å². The summed E-state index contributed by atoms with van der Waals surface area (Å²) in [4.78, 5) is 19.4. The first-order valence-corrected chi connectivity index (χ1v) is 6.55. The van der Waals surface area contributed by atoms with E-state index in [0.717, 1.165) is 0 Å². The Morgan fingerprint density at radius 3 is 2.23 bits per heavy atom. The van der Waals surface area contributed by atoms with Crippen molar-refractivity contribution in [3.8, 4) is 0 Å². The van der Waals surface area contributed by atoms with E-state index in [9.17, 15) is 4.79 Å². The van der Waals surface area contributed by atoms with Gasteiger partial charge in [-0.15, -0.1) is 0 Å². The van der Waals surface area contributed by atoms with Crippen LogP contribution in [0.2, 0.25) is 0 Å². The van der Waals surface area contributed by atoms with Crippen LogP contribution in [0.25, 0.3) is 0 Å². The molecular weight excluding hydrogens is 282 g/mol. The van der Waals surface area contributed by atoms with Crippen LogP contribution in [0.15, 0.2) is 52.9 Å². The lowest BCUT2D eigenvalue weighted by atomic mass is 10.3. The molecule has 0 aromatic carbocycles. The first-order chi connectivity index (χ1) is 10.7. The van der Waals surface area contributed by atoms with Crippen molar-refractivity contribution in [3.05, 3.63) is 54.1 Å². The molecule has 0 spiro atoms. The summed E-state index contributed by atoms with van der Waals surface area (Å²) in [5.74, 6) is 0.863. The highest BCUT2D eigenvalue weighted by Crippen LogP contribution is 2.07. The number of amides is 1. The number of anilines is 1. The van der Waals surface area contributed by atoms with Crippen LogP contribution in [0.3, 0.4) is 0 Å². The molecule has 0 unspecified atom stereocenters. The van der Waals surface area contributed by atoms with Gasteiger partial charge in [-0.05, 0) is 24.3 Å². The van der Waals surface area contributed by atoms with Crippen molar-refractivity contribution in [2.45, 2.75) is 6.92 Å². The average molecular weight is 295 g/mol. The Hall–Kier alpha value is -3.29. The van der Waals surface area contributed by atoms with Gasteiger partial charge in [0.05, 0.1) is 11.9 Å². The summed E-state index contributed by atoms with van der Waals surface area (Å²) in [5, 5.41) is 11.0. The van der Waals surface area contributed by atoms with E-state index >= 15 is 0 Å². The van der Waals surface area contributed by atoms with E-state index in [1.165, 1.54) is 6.92 Å². The molecule has 1 aliphatic rings. The van der Waals surface area contributed by atoms with Gasteiger partial charge in [0.2, 0.25) is 5.91 Å². The zero-order chi connectivity index (χ0) is 15.4. The number of aromatic nitrogens is 2. The van der Waals surface area contributed by atoms with E-state index in [1.807, 2.05) is 18.2 Å². The van der Waals surface area contributed by atoms with Gasteiger partial charge >= 0.3 is 0 Å². The summed E-state index contributed by atoms with van der Waals surface area (Å²) in [6, 6.07) is 9.00. The van der Waals surface area contributed by atoms with Gasteiger partial charge in [-0.3, -0.25) is 25.6 Å². The van der Waals surface area contributed by atoms with E-state index in [4.69, 9.17) is 0 Å². The van der Waals surface area contributed by atoms with Gasteiger partial charge in [-0.1, -0.05) is 6.07 Å². The van der Waals surface area contributed by atoms with Gasteiger partial charge in [-0.25, -0.2) is 0 Å². The topological polar surface area (TPSA) is 104 Å². The van der Waals surface area contributed by atoms with Crippen molar-refractivity contribution in [1.29, 1.82) is 0 Å². The summed E-state index contributed by atoms with van der Waals surface area (Å²) in [6.45, 7) is 1.44. The minimum Gasteiger partial charge on any atom is -0.325 e. The van der Waals surface area contributed by atoms with Crippen LogP contribution in [0, 0.1) is 0 Å². The Morgan fingerprint density at radius 1 is 1.00 bits per heavy atom. The van der Waals surface area contributed by atoms with Crippen LogP contribution >= 0.6 is 0 Å². The molecule has 8 nitrogen and oxygen atoms in total. The molecule has 0 fully saturated rings. The van der Waals surface area contributed by atoms with E-state index < -0.39 is 0 Å². The third-order valence-electron chi connectivity index (χ3n) is 2.78. The van der Waals surface area contributed by atoms with Crippen LogP contribution in [0.1, 0.15) is 18.3 Å². The second-order valence-corrected chi connectivity index (χ2v) is 4.47. The van der Waals surface area contributed by atoms with Crippen LogP contribution in [-0.2, 0) is 4.79 Å². The number of carbonyl (C=O) groups is 1. The van der Waals surface area contributed by atoms with Gasteiger partial charge < -0.3 is 5.32 Å². The lowest BCUT2D eigenvalue weighted by Gasteiger charge is -2.14. The van der Waals surface area contributed by atoms with Crippen molar-refractivity contribution < 1.29 is 4.79 Å². The van der Waals surface area contributed by atoms with Crippen LogP contribution in [0.4, 0.5) is 5.69 Å². The number of pyridine rings is 2. The Bertz CT molecular complexity index is 738. The maximum Gasteiger partial charge on any atom is 0.221 e. The molecule has 8 heteroatoms. The molecule has 3 N–H and O–H groups in total. The molecule has 0 atom stereocenters. The highest BCUT2D eigenvalue weighted by atomic mass is 16.1. The predicted octanol–water partition coefficient (Wildman–Crippen LogP) is 0.651. The van der Waals surface area contributed by atoms with Crippen molar-refractivity contribution >= 4 is 23.3 Å². The fraction of sp³-hybridized carbons (Fsp3) is 0.0714. The molecule has 3 rings (SSSR count). The van der Waals surface area contributed by atoms with Gasteiger partial charge in [0.15, 0.2) is 11.7 Å². The van der Waals surface area contributed by atoms with Crippen molar-refractivity contribution in [2.75, 3.05) is 5.32 Å². The van der Waals surface area contributed by atoms with E-state index in [-0.39, 0.29) is 5.91 Å². The Kier molecular flexibility index (Phi) is 3.73. The molecule has 1 aliphatic heterocycles. The standard InChI is InChI=1S/C14H13N7O/c1-9(22)17-10-5-6-12(16-8-10)14-20-18-13(19-21-14)11-4-2-3-7-15-11/h2-8H,1H3,(H,17,22)(H,18,19)(H,20,21). The van der Waals surface area contributed by atoms with E-state index in [0.29, 0.717) is 28.7 Å². The molecule has 22 heavy (non-hydrogen) atoms. The van der Waals surface area contributed by atoms with Crippen molar-refractivity contribution in [2.24, 2.45) is 10.2 Å². The predicted molar refractivity (Wildman–Crippen MR) is 82.1 cm³/mol. The molecule has 2 aromatic rings. The summed E-state index contributed by atoms with van der Waals surface area (Å²) >= 11 is 0. The third-order valence-corrected chi connectivity index (χ3v) is 2.78. The van der Waals surface area contributed by atoms with Gasteiger partial charge in [0.1, 0.15) is 11.4 Å². The largest absolute Gasteiger partial charge is 0.325 e. The average Bonchev–Trinajstić information content (AvgIpc) is 2.56. The molecule has 110 valence electrons. The molecule has 1 amide bonds. The van der Waals surface area contributed by atoms with Crippen molar-refractivity contribution in [1.82, 2.24) is 20.8 Å².